The second-order valence-corrected chi connectivity index (χ2v) is 17.6. The van der Waals surface area contributed by atoms with Crippen LogP contribution in [-0.4, -0.2) is 76.3 Å². The number of allylic oxidation sites excluding steroid dienone is 1. The summed E-state index contributed by atoms with van der Waals surface area (Å²) in [6.45, 7) is 15.2. The second kappa shape index (κ2) is 18.2. The maximum Gasteiger partial charge on any atom is 0.309 e. The Bertz CT molecular complexity index is 1170. The standard InChI is InChI=1S/C43H71FO8/c1-7-46-29(4)50-27-28(3)37(44)20-17-33(41(45)47-8-2)35-19-18-34-32-16-15-30-25-31(51-39-13-9-11-23-48-39)26-38(52-40-14-10-12-24-49-40)43(30,6)36(32)21-22-42(34,35)5/h15,28-29,31-40H,7-14,16-27H2,1-6H3/t28?,29?,31-,32+,33-,34+,35-,36+,37-,38+,39?,40?,42+,43+/m1/s1. The molecule has 0 aromatic heterocycles. The minimum atomic E-state index is -1.05. The molecule has 298 valence electrons. The highest BCUT2D eigenvalue weighted by Gasteiger charge is 2.62. The fourth-order valence-electron chi connectivity index (χ4n) is 11.7. The van der Waals surface area contributed by atoms with E-state index < -0.39 is 6.17 Å². The Morgan fingerprint density at radius 1 is 0.904 bits per heavy atom. The van der Waals surface area contributed by atoms with Gasteiger partial charge in [0.1, 0.15) is 6.17 Å². The van der Waals surface area contributed by atoms with Crippen LogP contribution in [0, 0.1) is 46.3 Å². The Labute approximate surface area is 313 Å². The molecule has 0 aromatic carbocycles. The van der Waals surface area contributed by atoms with E-state index in [2.05, 4.69) is 19.9 Å². The average molecular weight is 735 g/mol. The molecule has 0 aromatic rings. The molecule has 14 atom stereocenters. The maximum absolute atomic E-state index is 15.6. The summed E-state index contributed by atoms with van der Waals surface area (Å²) in [5.41, 5.74) is 1.43. The molecule has 2 heterocycles. The van der Waals surface area contributed by atoms with Crippen molar-refractivity contribution in [3.05, 3.63) is 11.6 Å². The normalized spacial score (nSPS) is 40.0. The predicted molar refractivity (Wildman–Crippen MR) is 198 cm³/mol. The second-order valence-electron chi connectivity index (χ2n) is 17.6. The summed E-state index contributed by atoms with van der Waals surface area (Å²) >= 11 is 0. The Balaban J connectivity index is 1.18. The zero-order valence-electron chi connectivity index (χ0n) is 33.3. The summed E-state index contributed by atoms with van der Waals surface area (Å²) in [4.78, 5) is 13.7. The summed E-state index contributed by atoms with van der Waals surface area (Å²) in [6, 6.07) is 0. The lowest BCUT2D eigenvalue weighted by molar-refractivity contribution is -0.248. The first-order valence-corrected chi connectivity index (χ1v) is 21.4. The van der Waals surface area contributed by atoms with Crippen LogP contribution >= 0.6 is 0 Å². The Morgan fingerprint density at radius 3 is 2.31 bits per heavy atom. The molecule has 6 aliphatic rings. The van der Waals surface area contributed by atoms with Crippen LogP contribution in [0.2, 0.25) is 0 Å². The van der Waals surface area contributed by atoms with Crippen molar-refractivity contribution in [2.45, 2.75) is 175 Å². The lowest BCUT2D eigenvalue weighted by atomic mass is 9.46. The first-order chi connectivity index (χ1) is 25.1. The van der Waals surface area contributed by atoms with Crippen LogP contribution < -0.4 is 0 Å². The van der Waals surface area contributed by atoms with Crippen molar-refractivity contribution in [1.29, 1.82) is 0 Å². The summed E-state index contributed by atoms with van der Waals surface area (Å²) in [7, 11) is 0. The number of alkyl halides is 1. The van der Waals surface area contributed by atoms with E-state index in [4.69, 9.17) is 33.2 Å². The zero-order chi connectivity index (χ0) is 36.9. The molecule has 2 saturated heterocycles. The highest BCUT2D eigenvalue weighted by Crippen LogP contribution is 2.68. The highest BCUT2D eigenvalue weighted by molar-refractivity contribution is 5.73. The molecule has 0 radical (unpaired) electrons. The molecule has 3 saturated carbocycles. The van der Waals surface area contributed by atoms with E-state index in [0.29, 0.717) is 50.4 Å². The molecule has 6 rings (SSSR count). The number of halogens is 1. The van der Waals surface area contributed by atoms with Crippen molar-refractivity contribution in [1.82, 2.24) is 0 Å². The third-order valence-corrected chi connectivity index (χ3v) is 14.6. The van der Waals surface area contributed by atoms with E-state index in [0.717, 1.165) is 96.7 Å². The SMILES string of the molecule is CCOC(=O)[C@H](CC[C@@H](F)C(C)COC(C)OCC)[C@H]1CC[C@H]2[C@@H]3CC=C4C[C@@H](OC5CCCCO5)C[C@H](OC5CCCCO5)[C@]4(C)[C@H]3CC[C@]12C. The number of hydrogen-bond donors (Lipinski definition) is 0. The molecule has 0 amide bonds. The van der Waals surface area contributed by atoms with Crippen LogP contribution in [0.1, 0.15) is 138 Å². The molecular weight excluding hydrogens is 663 g/mol. The van der Waals surface area contributed by atoms with Gasteiger partial charge in [0.15, 0.2) is 18.9 Å². The fourth-order valence-corrected chi connectivity index (χ4v) is 11.7. The first kappa shape index (κ1) is 40.6. The minimum Gasteiger partial charge on any atom is -0.466 e. The first-order valence-electron chi connectivity index (χ1n) is 21.4. The molecule has 9 heteroatoms. The lowest BCUT2D eigenvalue weighted by Gasteiger charge is -2.60. The van der Waals surface area contributed by atoms with Crippen molar-refractivity contribution in [3.8, 4) is 0 Å². The quantitative estimate of drug-likeness (QED) is 0.0882. The number of esters is 1. The summed E-state index contributed by atoms with van der Waals surface area (Å²) in [6.07, 6.45) is 15.4. The van der Waals surface area contributed by atoms with Gasteiger partial charge in [-0.25, -0.2) is 4.39 Å². The smallest absolute Gasteiger partial charge is 0.309 e. The Hall–Kier alpha value is -1.10. The zero-order valence-corrected chi connectivity index (χ0v) is 33.3. The van der Waals surface area contributed by atoms with Gasteiger partial charge in [-0.3, -0.25) is 4.79 Å². The van der Waals surface area contributed by atoms with Crippen LogP contribution in [-0.2, 0) is 38.0 Å². The number of carbonyl (C=O) groups excluding carboxylic acids is 1. The van der Waals surface area contributed by atoms with Gasteiger partial charge in [-0.1, -0.05) is 32.4 Å². The van der Waals surface area contributed by atoms with Crippen molar-refractivity contribution in [2.24, 2.45) is 46.3 Å². The molecule has 0 bridgehead atoms. The van der Waals surface area contributed by atoms with E-state index in [1.165, 1.54) is 5.57 Å². The molecule has 52 heavy (non-hydrogen) atoms. The van der Waals surface area contributed by atoms with Crippen molar-refractivity contribution in [3.63, 3.8) is 0 Å². The third-order valence-electron chi connectivity index (χ3n) is 14.6. The van der Waals surface area contributed by atoms with E-state index in [9.17, 15) is 4.79 Å². The van der Waals surface area contributed by atoms with Gasteiger partial charge in [-0.2, -0.15) is 0 Å². The number of ether oxygens (including phenoxy) is 7. The molecular formula is C43H71FO8. The predicted octanol–water partition coefficient (Wildman–Crippen LogP) is 9.33. The van der Waals surface area contributed by atoms with Crippen LogP contribution in [0.5, 0.6) is 0 Å². The molecule has 0 spiro atoms. The average Bonchev–Trinajstić information content (AvgIpc) is 3.49. The number of rotatable bonds is 16. The third kappa shape index (κ3) is 8.80. The molecule has 2 aliphatic heterocycles. The molecule has 4 unspecified atom stereocenters. The van der Waals surface area contributed by atoms with Gasteiger partial charge < -0.3 is 33.2 Å². The largest absolute Gasteiger partial charge is 0.466 e. The minimum absolute atomic E-state index is 0.00915. The van der Waals surface area contributed by atoms with Gasteiger partial charge in [0.2, 0.25) is 0 Å². The van der Waals surface area contributed by atoms with Crippen molar-refractivity contribution >= 4 is 5.97 Å². The number of carbonyl (C=O) groups is 1. The Morgan fingerprint density at radius 2 is 1.63 bits per heavy atom. The number of fused-ring (bicyclic) bond motifs is 5. The molecule has 8 nitrogen and oxygen atoms in total. The summed E-state index contributed by atoms with van der Waals surface area (Å²) < 4.78 is 58.5. The van der Waals surface area contributed by atoms with Gasteiger partial charge in [0.05, 0.1) is 31.3 Å². The van der Waals surface area contributed by atoms with Crippen LogP contribution in [0.25, 0.3) is 0 Å². The van der Waals surface area contributed by atoms with Gasteiger partial charge in [-0.15, -0.1) is 0 Å². The molecule has 5 fully saturated rings. The highest BCUT2D eigenvalue weighted by atomic mass is 19.1. The fraction of sp³-hybridized carbons (Fsp3) is 0.930. The van der Waals surface area contributed by atoms with E-state index in [1.807, 2.05) is 27.7 Å². The molecule has 0 N–H and O–H groups in total. The summed E-state index contributed by atoms with van der Waals surface area (Å²) in [5, 5.41) is 0. The van der Waals surface area contributed by atoms with E-state index in [1.54, 1.807) is 0 Å². The van der Waals surface area contributed by atoms with Gasteiger partial charge in [0.25, 0.3) is 0 Å². The monoisotopic (exact) mass is 735 g/mol. The lowest BCUT2D eigenvalue weighted by Crippen LogP contribution is -2.57. The topological polar surface area (TPSA) is 81.7 Å². The molecule has 4 aliphatic carbocycles. The van der Waals surface area contributed by atoms with Gasteiger partial charge in [0, 0.05) is 37.6 Å². The van der Waals surface area contributed by atoms with E-state index >= 15 is 4.39 Å². The van der Waals surface area contributed by atoms with Crippen molar-refractivity contribution in [2.75, 3.05) is 33.0 Å². The van der Waals surface area contributed by atoms with Crippen LogP contribution in [0.15, 0.2) is 11.6 Å². The van der Waals surface area contributed by atoms with Gasteiger partial charge >= 0.3 is 5.97 Å². The van der Waals surface area contributed by atoms with Gasteiger partial charge in [-0.05, 0) is 140 Å². The summed E-state index contributed by atoms with van der Waals surface area (Å²) in [5.74, 6) is 1.01. The van der Waals surface area contributed by atoms with Crippen molar-refractivity contribution < 1.29 is 42.3 Å². The van der Waals surface area contributed by atoms with Crippen LogP contribution in [0.3, 0.4) is 0 Å². The number of hydrogen-bond acceptors (Lipinski definition) is 8. The Kier molecular flexibility index (Phi) is 14.2. The van der Waals surface area contributed by atoms with Crippen LogP contribution in [0.4, 0.5) is 4.39 Å². The van der Waals surface area contributed by atoms with E-state index in [-0.39, 0.29) is 65.6 Å². The maximum atomic E-state index is 15.6.